The van der Waals surface area contributed by atoms with Crippen LogP contribution in [-0.2, 0) is 0 Å². The normalized spacial score (nSPS) is 12.6. The van der Waals surface area contributed by atoms with Gasteiger partial charge in [0, 0.05) is 22.8 Å². The van der Waals surface area contributed by atoms with Crippen molar-refractivity contribution in [2.45, 2.75) is 6.92 Å². The van der Waals surface area contributed by atoms with E-state index in [0.29, 0.717) is 0 Å². The SMILES string of the molecule is COc1cc2c(c(C)c1C(=O)O)C(=O)c1c(O)cc(O)cc1C2=O. The van der Waals surface area contributed by atoms with Crippen molar-refractivity contribution >= 4 is 17.5 Å². The van der Waals surface area contributed by atoms with E-state index in [-0.39, 0.29) is 44.9 Å². The van der Waals surface area contributed by atoms with E-state index < -0.39 is 23.3 Å². The number of ether oxygens (including phenoxy) is 1. The molecule has 0 spiro atoms. The number of fused-ring (bicyclic) bond motifs is 2. The monoisotopic (exact) mass is 328 g/mol. The predicted octanol–water partition coefficient (Wildman–Crippen LogP) is 1.89. The Labute approximate surface area is 135 Å². The number of carboxylic acids is 1. The average Bonchev–Trinajstić information content (AvgIpc) is 2.50. The maximum absolute atomic E-state index is 12.8. The lowest BCUT2D eigenvalue weighted by atomic mass is 9.80. The molecule has 1 aliphatic rings. The van der Waals surface area contributed by atoms with Gasteiger partial charge in [0.05, 0.1) is 12.7 Å². The van der Waals surface area contributed by atoms with Crippen LogP contribution in [0.25, 0.3) is 0 Å². The minimum atomic E-state index is -1.30. The number of aromatic hydroxyl groups is 2. The summed E-state index contributed by atoms with van der Waals surface area (Å²) in [4.78, 5) is 36.9. The second kappa shape index (κ2) is 5.09. The molecular formula is C17H12O7. The molecule has 24 heavy (non-hydrogen) atoms. The van der Waals surface area contributed by atoms with Gasteiger partial charge in [0.25, 0.3) is 0 Å². The Morgan fingerprint density at radius 1 is 1.00 bits per heavy atom. The van der Waals surface area contributed by atoms with Crippen LogP contribution in [0.4, 0.5) is 0 Å². The van der Waals surface area contributed by atoms with Crippen LogP contribution in [0.2, 0.25) is 0 Å². The molecule has 0 aliphatic heterocycles. The molecule has 3 N–H and O–H groups in total. The minimum Gasteiger partial charge on any atom is -0.508 e. The Balaban J connectivity index is 2.41. The molecule has 7 nitrogen and oxygen atoms in total. The van der Waals surface area contributed by atoms with Crippen molar-refractivity contribution < 1.29 is 34.4 Å². The van der Waals surface area contributed by atoms with Crippen molar-refractivity contribution in [1.82, 2.24) is 0 Å². The average molecular weight is 328 g/mol. The first-order valence-electron chi connectivity index (χ1n) is 6.88. The van der Waals surface area contributed by atoms with Crippen LogP contribution >= 0.6 is 0 Å². The summed E-state index contributed by atoms with van der Waals surface area (Å²) in [5.74, 6) is -3.53. The first kappa shape index (κ1) is 15.5. The number of hydrogen-bond acceptors (Lipinski definition) is 6. The Hall–Kier alpha value is -3.35. The van der Waals surface area contributed by atoms with Gasteiger partial charge in [-0.1, -0.05) is 0 Å². The number of phenols is 2. The molecule has 1 aliphatic carbocycles. The molecule has 122 valence electrons. The van der Waals surface area contributed by atoms with Gasteiger partial charge in [-0.2, -0.15) is 0 Å². The molecule has 2 aromatic carbocycles. The van der Waals surface area contributed by atoms with Crippen molar-refractivity contribution in [1.29, 1.82) is 0 Å². The number of phenolic OH excluding ortho intramolecular Hbond substituents is 2. The number of benzene rings is 2. The van der Waals surface area contributed by atoms with E-state index >= 15 is 0 Å². The third-order valence-corrected chi connectivity index (χ3v) is 4.02. The lowest BCUT2D eigenvalue weighted by Crippen LogP contribution is -2.24. The van der Waals surface area contributed by atoms with Gasteiger partial charge in [-0.15, -0.1) is 0 Å². The summed E-state index contributed by atoms with van der Waals surface area (Å²) in [5, 5.41) is 28.9. The summed E-state index contributed by atoms with van der Waals surface area (Å²) in [7, 11) is 1.26. The zero-order valence-corrected chi connectivity index (χ0v) is 12.7. The molecule has 0 amide bonds. The smallest absolute Gasteiger partial charge is 0.339 e. The Morgan fingerprint density at radius 3 is 2.21 bits per heavy atom. The van der Waals surface area contributed by atoms with Crippen molar-refractivity contribution in [3.8, 4) is 17.2 Å². The molecule has 7 heteroatoms. The van der Waals surface area contributed by atoms with Crippen molar-refractivity contribution in [2.24, 2.45) is 0 Å². The number of ketones is 2. The number of methoxy groups -OCH3 is 1. The molecule has 0 radical (unpaired) electrons. The van der Waals surface area contributed by atoms with E-state index in [1.165, 1.54) is 20.1 Å². The lowest BCUT2D eigenvalue weighted by Gasteiger charge is -2.22. The van der Waals surface area contributed by atoms with Gasteiger partial charge in [0.2, 0.25) is 0 Å². The van der Waals surface area contributed by atoms with Gasteiger partial charge >= 0.3 is 5.97 Å². The van der Waals surface area contributed by atoms with Crippen molar-refractivity contribution in [2.75, 3.05) is 7.11 Å². The fourth-order valence-corrected chi connectivity index (χ4v) is 2.99. The summed E-state index contributed by atoms with van der Waals surface area (Å²) in [6.07, 6.45) is 0. The summed E-state index contributed by atoms with van der Waals surface area (Å²) in [6.45, 7) is 1.40. The number of hydrogen-bond donors (Lipinski definition) is 3. The molecule has 3 rings (SSSR count). The standard InChI is InChI=1S/C17H12O7/c1-6-12-9(5-11(24-2)13(6)17(22)23)15(20)8-3-7(18)4-10(19)14(8)16(12)21/h3-5,18-19H,1-2H3,(H,22,23). The quantitative estimate of drug-likeness (QED) is 0.656. The van der Waals surface area contributed by atoms with E-state index in [1.807, 2.05) is 0 Å². The first-order chi connectivity index (χ1) is 11.3. The Bertz CT molecular complexity index is 941. The highest BCUT2D eigenvalue weighted by Crippen LogP contribution is 2.39. The van der Waals surface area contributed by atoms with Gasteiger partial charge in [-0.05, 0) is 24.6 Å². The fourth-order valence-electron chi connectivity index (χ4n) is 2.99. The molecular weight excluding hydrogens is 316 g/mol. The molecule has 0 heterocycles. The topological polar surface area (TPSA) is 121 Å². The number of carbonyl (C=O) groups is 3. The first-order valence-corrected chi connectivity index (χ1v) is 6.88. The zero-order chi connectivity index (χ0) is 17.8. The van der Waals surface area contributed by atoms with Gasteiger partial charge in [0.1, 0.15) is 22.8 Å². The van der Waals surface area contributed by atoms with Crippen LogP contribution in [0.3, 0.4) is 0 Å². The summed E-state index contributed by atoms with van der Waals surface area (Å²) < 4.78 is 5.03. The molecule has 0 fully saturated rings. The summed E-state index contributed by atoms with van der Waals surface area (Å²) in [6, 6.07) is 3.23. The Morgan fingerprint density at radius 2 is 1.62 bits per heavy atom. The largest absolute Gasteiger partial charge is 0.508 e. The molecule has 0 bridgehead atoms. The number of rotatable bonds is 2. The minimum absolute atomic E-state index is 0.0307. The highest BCUT2D eigenvalue weighted by atomic mass is 16.5. The van der Waals surface area contributed by atoms with Gasteiger partial charge in [-0.3, -0.25) is 9.59 Å². The van der Waals surface area contributed by atoms with E-state index in [0.717, 1.165) is 12.1 Å². The molecule has 0 unspecified atom stereocenters. The van der Waals surface area contributed by atoms with Crippen molar-refractivity contribution in [3.63, 3.8) is 0 Å². The van der Waals surface area contributed by atoms with Crippen LogP contribution in [0.15, 0.2) is 18.2 Å². The number of carboxylic acid groups (broad SMARTS) is 1. The molecule has 0 atom stereocenters. The van der Waals surface area contributed by atoms with E-state index in [4.69, 9.17) is 4.74 Å². The third kappa shape index (κ3) is 1.95. The van der Waals surface area contributed by atoms with E-state index in [9.17, 15) is 29.7 Å². The number of aromatic carboxylic acids is 1. The molecule has 0 saturated carbocycles. The Kier molecular flexibility index (Phi) is 3.30. The highest BCUT2D eigenvalue weighted by Gasteiger charge is 2.36. The maximum atomic E-state index is 12.8. The van der Waals surface area contributed by atoms with Gasteiger partial charge < -0.3 is 20.1 Å². The molecule has 0 aromatic heterocycles. The van der Waals surface area contributed by atoms with Gasteiger partial charge in [0.15, 0.2) is 11.6 Å². The second-order valence-corrected chi connectivity index (χ2v) is 5.35. The molecule has 0 saturated heterocycles. The van der Waals surface area contributed by atoms with Crippen LogP contribution in [0, 0.1) is 6.92 Å². The van der Waals surface area contributed by atoms with Crippen LogP contribution in [-0.4, -0.2) is 40.0 Å². The van der Waals surface area contributed by atoms with Crippen molar-refractivity contribution in [3.05, 3.63) is 51.6 Å². The van der Waals surface area contributed by atoms with Crippen LogP contribution in [0.5, 0.6) is 17.2 Å². The lowest BCUT2D eigenvalue weighted by molar-refractivity contribution is 0.0692. The van der Waals surface area contributed by atoms with E-state index in [2.05, 4.69) is 0 Å². The van der Waals surface area contributed by atoms with Crippen LogP contribution in [0.1, 0.15) is 47.8 Å². The highest BCUT2D eigenvalue weighted by molar-refractivity contribution is 6.30. The van der Waals surface area contributed by atoms with Gasteiger partial charge in [-0.25, -0.2) is 4.79 Å². The second-order valence-electron chi connectivity index (χ2n) is 5.35. The maximum Gasteiger partial charge on any atom is 0.339 e. The third-order valence-electron chi connectivity index (χ3n) is 4.02. The zero-order valence-electron chi connectivity index (χ0n) is 12.7. The fraction of sp³-hybridized carbons (Fsp3) is 0.118. The predicted molar refractivity (Wildman–Crippen MR) is 81.3 cm³/mol. The summed E-state index contributed by atoms with van der Waals surface area (Å²) in [5.41, 5.74) is -0.666. The van der Waals surface area contributed by atoms with E-state index in [1.54, 1.807) is 0 Å². The molecule has 2 aromatic rings. The number of carbonyl (C=O) groups excluding carboxylic acids is 2. The summed E-state index contributed by atoms with van der Waals surface area (Å²) >= 11 is 0. The van der Waals surface area contributed by atoms with Crippen LogP contribution < -0.4 is 4.74 Å².